The smallest absolute Gasteiger partial charge is 0.417 e. The van der Waals surface area contributed by atoms with E-state index in [-0.39, 0.29) is 6.09 Å². The molecule has 8 heteroatoms. The van der Waals surface area contributed by atoms with E-state index >= 15 is 0 Å². The largest absolute Gasteiger partial charge is 0.444 e. The van der Waals surface area contributed by atoms with E-state index in [4.69, 9.17) is 9.15 Å². The van der Waals surface area contributed by atoms with Crippen LogP contribution in [0.2, 0.25) is 0 Å². The Morgan fingerprint density at radius 2 is 2.08 bits per heavy atom. The fraction of sp³-hybridized carbons (Fsp3) is 0.500. The molecule has 0 radical (unpaired) electrons. The van der Waals surface area contributed by atoms with Crippen molar-refractivity contribution in [1.29, 1.82) is 5.26 Å². The number of piperidine rings is 1. The lowest BCUT2D eigenvalue weighted by atomic mass is 9.88. The van der Waals surface area contributed by atoms with Gasteiger partial charge in [0.15, 0.2) is 5.58 Å². The number of H-pyrrole nitrogens is 1. The van der Waals surface area contributed by atoms with Crippen LogP contribution in [0.15, 0.2) is 27.4 Å². The molecule has 0 unspecified atom stereocenters. The van der Waals surface area contributed by atoms with E-state index in [0.717, 1.165) is 0 Å². The van der Waals surface area contributed by atoms with E-state index < -0.39 is 16.9 Å². The van der Waals surface area contributed by atoms with Crippen LogP contribution in [0.4, 0.5) is 10.5 Å². The number of fused-ring (bicyclic) bond motifs is 1. The van der Waals surface area contributed by atoms with E-state index in [2.05, 4.69) is 16.4 Å². The summed E-state index contributed by atoms with van der Waals surface area (Å²) in [6.45, 7) is 6.33. The minimum Gasteiger partial charge on any atom is -0.444 e. The molecule has 1 aliphatic rings. The third-order valence-corrected chi connectivity index (χ3v) is 4.29. The molecule has 0 spiro atoms. The molecule has 0 bridgehead atoms. The summed E-state index contributed by atoms with van der Waals surface area (Å²) in [7, 11) is 0. The minimum absolute atomic E-state index is 0.362. The van der Waals surface area contributed by atoms with Crippen LogP contribution in [0.5, 0.6) is 0 Å². The number of ether oxygens (including phenoxy) is 1. The lowest BCUT2D eigenvalue weighted by Gasteiger charge is -2.38. The van der Waals surface area contributed by atoms with Gasteiger partial charge < -0.3 is 19.4 Å². The Balaban J connectivity index is 1.69. The number of oxazole rings is 1. The highest BCUT2D eigenvalue weighted by atomic mass is 16.6. The van der Waals surface area contributed by atoms with E-state index in [1.54, 1.807) is 23.1 Å². The normalized spacial score (nSPS) is 16.9. The monoisotopic (exact) mass is 358 g/mol. The van der Waals surface area contributed by atoms with Gasteiger partial charge in [-0.2, -0.15) is 5.26 Å². The predicted octanol–water partition coefficient (Wildman–Crippen LogP) is 2.83. The second kappa shape index (κ2) is 6.41. The molecule has 2 N–H and O–H groups in total. The first kappa shape index (κ1) is 17.9. The second-order valence-electron chi connectivity index (χ2n) is 7.51. The molecule has 1 aliphatic heterocycles. The van der Waals surface area contributed by atoms with Crippen molar-refractivity contribution < 1.29 is 13.9 Å². The number of benzene rings is 1. The Kier molecular flexibility index (Phi) is 4.40. The van der Waals surface area contributed by atoms with Gasteiger partial charge in [0, 0.05) is 37.7 Å². The molecule has 2 heterocycles. The van der Waals surface area contributed by atoms with Gasteiger partial charge in [-0.3, -0.25) is 4.98 Å². The zero-order valence-electron chi connectivity index (χ0n) is 15.1. The standard InChI is InChI=1S/C18H22N4O4/c1-17(2,3)26-16(24)22-8-6-18(11-19,7-9-22)21-12-4-5-13-14(10-12)25-15(23)20-13/h4-5,10,21H,6-9H2,1-3H3,(H,20,23). The summed E-state index contributed by atoms with van der Waals surface area (Å²) in [5, 5.41) is 12.9. The molecule has 0 atom stereocenters. The Labute approximate surface area is 150 Å². The van der Waals surface area contributed by atoms with E-state index in [9.17, 15) is 14.9 Å². The summed E-state index contributed by atoms with van der Waals surface area (Å²) in [5.74, 6) is -0.516. The zero-order valence-corrected chi connectivity index (χ0v) is 15.1. The van der Waals surface area contributed by atoms with Crippen molar-refractivity contribution in [2.75, 3.05) is 18.4 Å². The topological polar surface area (TPSA) is 111 Å². The molecule has 26 heavy (non-hydrogen) atoms. The Morgan fingerprint density at radius 3 is 2.69 bits per heavy atom. The second-order valence-corrected chi connectivity index (χ2v) is 7.51. The quantitative estimate of drug-likeness (QED) is 0.854. The number of rotatable bonds is 2. The maximum Gasteiger partial charge on any atom is 0.417 e. The number of aromatic nitrogens is 1. The van der Waals surface area contributed by atoms with E-state index in [1.807, 2.05) is 20.8 Å². The van der Waals surface area contributed by atoms with Crippen molar-refractivity contribution >= 4 is 22.9 Å². The summed E-state index contributed by atoms with van der Waals surface area (Å²) in [6, 6.07) is 7.53. The first-order chi connectivity index (χ1) is 12.2. The molecule has 1 fully saturated rings. The molecule has 8 nitrogen and oxygen atoms in total. The number of nitrogens with one attached hydrogen (secondary N) is 2. The molecule has 0 aliphatic carbocycles. The van der Waals surface area contributed by atoms with Gasteiger partial charge in [-0.05, 0) is 32.9 Å². The van der Waals surface area contributed by atoms with Crippen molar-refractivity contribution in [1.82, 2.24) is 9.88 Å². The number of aromatic amines is 1. The summed E-state index contributed by atoms with van der Waals surface area (Å²) in [6.07, 6.45) is 0.579. The van der Waals surface area contributed by atoms with Crippen LogP contribution in [0.1, 0.15) is 33.6 Å². The Hall–Kier alpha value is -2.95. The van der Waals surface area contributed by atoms with E-state index in [1.165, 1.54) is 0 Å². The molecular formula is C18H22N4O4. The molecule has 0 saturated carbocycles. The van der Waals surface area contributed by atoms with Gasteiger partial charge in [0.2, 0.25) is 0 Å². The van der Waals surface area contributed by atoms with Crippen LogP contribution < -0.4 is 11.1 Å². The van der Waals surface area contributed by atoms with Gasteiger partial charge in [0.25, 0.3) is 0 Å². The molecule has 138 valence electrons. The van der Waals surface area contributed by atoms with Crippen LogP contribution in [-0.2, 0) is 4.74 Å². The SMILES string of the molecule is CC(C)(C)OC(=O)N1CCC(C#N)(Nc2ccc3[nH]c(=O)oc3c2)CC1. The number of anilines is 1. The third-order valence-electron chi connectivity index (χ3n) is 4.29. The Bertz CT molecular complexity index is 908. The van der Waals surface area contributed by atoms with Crippen molar-refractivity contribution in [2.45, 2.75) is 44.8 Å². The van der Waals surface area contributed by atoms with Gasteiger partial charge in [-0.25, -0.2) is 9.59 Å². The fourth-order valence-corrected chi connectivity index (χ4v) is 2.96. The van der Waals surface area contributed by atoms with Crippen molar-refractivity contribution in [3.63, 3.8) is 0 Å². The highest BCUT2D eigenvalue weighted by molar-refractivity contribution is 5.77. The number of amides is 1. The van der Waals surface area contributed by atoms with E-state index in [0.29, 0.717) is 42.7 Å². The highest BCUT2D eigenvalue weighted by Crippen LogP contribution is 2.28. The number of likely N-dealkylation sites (tertiary alicyclic amines) is 1. The molecule has 1 saturated heterocycles. The summed E-state index contributed by atoms with van der Waals surface area (Å²) in [4.78, 5) is 27.6. The van der Waals surface area contributed by atoms with Gasteiger partial charge in [0.05, 0.1) is 11.6 Å². The van der Waals surface area contributed by atoms with Crippen LogP contribution >= 0.6 is 0 Å². The van der Waals surface area contributed by atoms with Gasteiger partial charge >= 0.3 is 11.8 Å². The molecule has 2 aromatic rings. The van der Waals surface area contributed by atoms with Crippen molar-refractivity contribution in [3.8, 4) is 6.07 Å². The first-order valence-electron chi connectivity index (χ1n) is 8.50. The molecule has 1 aromatic heterocycles. The molecule has 1 amide bonds. The number of hydrogen-bond acceptors (Lipinski definition) is 6. The fourth-order valence-electron chi connectivity index (χ4n) is 2.96. The number of hydrogen-bond donors (Lipinski definition) is 2. The average molecular weight is 358 g/mol. The number of carbonyl (C=O) groups is 1. The maximum absolute atomic E-state index is 12.2. The Morgan fingerprint density at radius 1 is 1.38 bits per heavy atom. The van der Waals surface area contributed by atoms with Crippen LogP contribution in [-0.4, -0.2) is 40.2 Å². The maximum atomic E-state index is 12.2. The number of nitriles is 1. The highest BCUT2D eigenvalue weighted by Gasteiger charge is 2.37. The van der Waals surface area contributed by atoms with Gasteiger partial charge in [0.1, 0.15) is 11.1 Å². The average Bonchev–Trinajstić information content (AvgIpc) is 2.93. The van der Waals surface area contributed by atoms with Crippen molar-refractivity contribution in [2.24, 2.45) is 0 Å². The predicted molar refractivity (Wildman–Crippen MR) is 95.8 cm³/mol. The van der Waals surface area contributed by atoms with Crippen molar-refractivity contribution in [3.05, 3.63) is 28.7 Å². The molecular weight excluding hydrogens is 336 g/mol. The molecule has 1 aromatic carbocycles. The third kappa shape index (κ3) is 3.82. The number of nitrogens with zero attached hydrogens (tertiary/aromatic N) is 2. The zero-order chi connectivity index (χ0) is 18.9. The summed E-state index contributed by atoms with van der Waals surface area (Å²) in [5.41, 5.74) is 0.385. The lowest BCUT2D eigenvalue weighted by Crippen LogP contribution is -2.51. The van der Waals surface area contributed by atoms with Gasteiger partial charge in [-0.15, -0.1) is 0 Å². The summed E-state index contributed by atoms with van der Waals surface area (Å²) < 4.78 is 10.4. The minimum atomic E-state index is -0.789. The lowest BCUT2D eigenvalue weighted by molar-refractivity contribution is 0.0195. The molecule has 3 rings (SSSR count). The van der Waals surface area contributed by atoms with Gasteiger partial charge in [-0.1, -0.05) is 0 Å². The van der Waals surface area contributed by atoms with Crippen LogP contribution in [0.3, 0.4) is 0 Å². The summed E-state index contributed by atoms with van der Waals surface area (Å²) >= 11 is 0. The van der Waals surface area contributed by atoms with Crippen LogP contribution in [0.25, 0.3) is 11.1 Å². The number of carbonyl (C=O) groups excluding carboxylic acids is 1. The van der Waals surface area contributed by atoms with Crippen LogP contribution in [0, 0.1) is 11.3 Å². The first-order valence-corrected chi connectivity index (χ1v) is 8.50.